The maximum atomic E-state index is 13.2. The molecular weight excluding hydrogens is 353 g/mol. The van der Waals surface area contributed by atoms with E-state index in [4.69, 9.17) is 0 Å². The Hall–Kier alpha value is -3.86. The van der Waals surface area contributed by atoms with E-state index in [2.05, 4.69) is 15.3 Å². The first-order chi connectivity index (χ1) is 13.7. The van der Waals surface area contributed by atoms with Crippen LogP contribution in [0.5, 0.6) is 0 Å². The Labute approximate surface area is 161 Å². The molecule has 1 heterocycles. The lowest BCUT2D eigenvalue weighted by Gasteiger charge is -2.12. The molecule has 1 amide bonds. The molecule has 0 fully saturated rings. The fraction of sp³-hybridized carbons (Fsp3) is 0. The summed E-state index contributed by atoms with van der Waals surface area (Å²) in [4.78, 5) is 21.7. The van der Waals surface area contributed by atoms with Gasteiger partial charge in [-0.3, -0.25) is 4.79 Å². The van der Waals surface area contributed by atoms with Crippen LogP contribution >= 0.6 is 0 Å². The summed E-state index contributed by atoms with van der Waals surface area (Å²) in [5.41, 5.74) is 3.24. The highest BCUT2D eigenvalue weighted by Crippen LogP contribution is 2.28. The number of halogens is 1. The van der Waals surface area contributed by atoms with E-state index in [0.717, 1.165) is 11.1 Å². The summed E-state index contributed by atoms with van der Waals surface area (Å²) in [7, 11) is 0. The average Bonchev–Trinajstić information content (AvgIpc) is 2.76. The third kappa shape index (κ3) is 3.78. The quantitative estimate of drug-likeness (QED) is 0.538. The number of anilines is 1. The molecule has 4 nitrogen and oxygen atoms in total. The Morgan fingerprint density at radius 1 is 0.786 bits per heavy atom. The molecule has 1 aromatic heterocycles. The van der Waals surface area contributed by atoms with Gasteiger partial charge in [0.15, 0.2) is 5.82 Å². The third-order valence-corrected chi connectivity index (χ3v) is 4.23. The number of nitrogens with one attached hydrogen (secondary N) is 1. The molecule has 0 unspecified atom stereocenters. The van der Waals surface area contributed by atoms with Crippen LogP contribution in [0.15, 0.2) is 91.1 Å². The highest BCUT2D eigenvalue weighted by Gasteiger charge is 2.14. The third-order valence-electron chi connectivity index (χ3n) is 4.23. The van der Waals surface area contributed by atoms with Gasteiger partial charge in [0.05, 0.1) is 11.9 Å². The van der Waals surface area contributed by atoms with Gasteiger partial charge in [0, 0.05) is 16.7 Å². The van der Waals surface area contributed by atoms with Gasteiger partial charge >= 0.3 is 0 Å². The number of carbonyl (C=O) groups excluding carboxylic acids is 1. The maximum absolute atomic E-state index is 13.2. The Morgan fingerprint density at radius 3 is 2.11 bits per heavy atom. The largest absolute Gasteiger partial charge is 0.305 e. The van der Waals surface area contributed by atoms with E-state index in [-0.39, 0.29) is 11.7 Å². The second kappa shape index (κ2) is 7.80. The van der Waals surface area contributed by atoms with Crippen molar-refractivity contribution in [3.63, 3.8) is 0 Å². The van der Waals surface area contributed by atoms with Crippen LogP contribution in [-0.4, -0.2) is 15.9 Å². The van der Waals surface area contributed by atoms with Crippen molar-refractivity contribution in [2.75, 3.05) is 5.32 Å². The lowest BCUT2D eigenvalue weighted by atomic mass is 10.1. The van der Waals surface area contributed by atoms with Crippen LogP contribution in [0.25, 0.3) is 22.5 Å². The van der Waals surface area contributed by atoms with Gasteiger partial charge in [-0.1, -0.05) is 48.5 Å². The molecule has 5 heteroatoms. The highest BCUT2D eigenvalue weighted by molar-refractivity contribution is 6.05. The van der Waals surface area contributed by atoms with Crippen molar-refractivity contribution < 1.29 is 9.18 Å². The standard InChI is InChI=1S/C23H16FN3O/c24-19-13-11-16(12-14-19)20-15-25-22(21(26-20)17-7-3-1-4-8-17)27-23(28)18-9-5-2-6-10-18/h1-15H,(H,25,27,28). The predicted molar refractivity (Wildman–Crippen MR) is 107 cm³/mol. The minimum atomic E-state index is -0.313. The summed E-state index contributed by atoms with van der Waals surface area (Å²) < 4.78 is 13.2. The summed E-state index contributed by atoms with van der Waals surface area (Å²) >= 11 is 0. The minimum Gasteiger partial charge on any atom is -0.305 e. The van der Waals surface area contributed by atoms with Gasteiger partial charge in [-0.25, -0.2) is 14.4 Å². The van der Waals surface area contributed by atoms with Gasteiger partial charge in [0.1, 0.15) is 11.5 Å². The van der Waals surface area contributed by atoms with Crippen LogP contribution < -0.4 is 5.32 Å². The van der Waals surface area contributed by atoms with Gasteiger partial charge in [-0.2, -0.15) is 0 Å². The molecule has 28 heavy (non-hydrogen) atoms. The summed E-state index contributed by atoms with van der Waals surface area (Å²) in [6.07, 6.45) is 1.57. The van der Waals surface area contributed by atoms with Crippen LogP contribution in [0.2, 0.25) is 0 Å². The monoisotopic (exact) mass is 369 g/mol. The molecule has 0 aliphatic heterocycles. The van der Waals surface area contributed by atoms with Gasteiger partial charge in [-0.15, -0.1) is 0 Å². The van der Waals surface area contributed by atoms with Crippen LogP contribution in [0.3, 0.4) is 0 Å². The number of nitrogens with zero attached hydrogens (tertiary/aromatic N) is 2. The summed E-state index contributed by atoms with van der Waals surface area (Å²) in [6.45, 7) is 0. The Balaban J connectivity index is 1.75. The lowest BCUT2D eigenvalue weighted by molar-refractivity contribution is 0.102. The minimum absolute atomic E-state index is 0.262. The number of benzene rings is 3. The van der Waals surface area contributed by atoms with Crippen LogP contribution in [0, 0.1) is 5.82 Å². The van der Waals surface area contributed by atoms with Crippen LogP contribution in [0.4, 0.5) is 10.2 Å². The zero-order chi connectivity index (χ0) is 19.3. The Morgan fingerprint density at radius 2 is 1.43 bits per heavy atom. The summed E-state index contributed by atoms with van der Waals surface area (Å²) in [6, 6.07) is 24.5. The van der Waals surface area contributed by atoms with E-state index in [1.54, 1.807) is 42.6 Å². The second-order valence-corrected chi connectivity index (χ2v) is 6.15. The van der Waals surface area contributed by atoms with Gasteiger partial charge in [-0.05, 0) is 36.4 Å². The molecule has 0 saturated carbocycles. The predicted octanol–water partition coefficient (Wildman–Crippen LogP) is 5.20. The smallest absolute Gasteiger partial charge is 0.256 e. The first kappa shape index (κ1) is 17.5. The number of carbonyl (C=O) groups is 1. The molecule has 0 bridgehead atoms. The van der Waals surface area contributed by atoms with E-state index in [1.807, 2.05) is 36.4 Å². The van der Waals surface area contributed by atoms with Crippen molar-refractivity contribution in [1.29, 1.82) is 0 Å². The van der Waals surface area contributed by atoms with E-state index in [9.17, 15) is 9.18 Å². The summed E-state index contributed by atoms with van der Waals surface area (Å²) in [5, 5.41) is 2.84. The lowest BCUT2D eigenvalue weighted by Crippen LogP contribution is -2.14. The average molecular weight is 369 g/mol. The van der Waals surface area contributed by atoms with E-state index in [1.165, 1.54) is 12.1 Å². The summed E-state index contributed by atoms with van der Waals surface area (Å²) in [5.74, 6) is -0.209. The Kier molecular flexibility index (Phi) is 4.89. The fourth-order valence-electron chi connectivity index (χ4n) is 2.81. The molecule has 0 radical (unpaired) electrons. The topological polar surface area (TPSA) is 54.9 Å². The van der Waals surface area contributed by atoms with Gasteiger partial charge in [0.25, 0.3) is 5.91 Å². The van der Waals surface area contributed by atoms with Crippen molar-refractivity contribution in [2.45, 2.75) is 0 Å². The second-order valence-electron chi connectivity index (χ2n) is 6.15. The van der Waals surface area contributed by atoms with Crippen LogP contribution in [0.1, 0.15) is 10.4 Å². The van der Waals surface area contributed by atoms with Crippen molar-refractivity contribution in [2.24, 2.45) is 0 Å². The van der Waals surface area contributed by atoms with Crippen molar-refractivity contribution in [3.05, 3.63) is 103 Å². The van der Waals surface area contributed by atoms with E-state index in [0.29, 0.717) is 22.8 Å². The zero-order valence-electron chi connectivity index (χ0n) is 14.8. The van der Waals surface area contributed by atoms with Crippen molar-refractivity contribution in [1.82, 2.24) is 9.97 Å². The molecule has 4 aromatic rings. The molecule has 0 aliphatic carbocycles. The number of hydrogen-bond acceptors (Lipinski definition) is 3. The van der Waals surface area contributed by atoms with E-state index >= 15 is 0 Å². The molecule has 1 N–H and O–H groups in total. The SMILES string of the molecule is O=C(Nc1ncc(-c2ccc(F)cc2)nc1-c1ccccc1)c1ccccc1. The van der Waals surface area contributed by atoms with Gasteiger partial charge in [0.2, 0.25) is 0 Å². The number of aromatic nitrogens is 2. The van der Waals surface area contributed by atoms with E-state index < -0.39 is 0 Å². The van der Waals surface area contributed by atoms with Crippen LogP contribution in [-0.2, 0) is 0 Å². The maximum Gasteiger partial charge on any atom is 0.256 e. The molecule has 0 aliphatic rings. The highest BCUT2D eigenvalue weighted by atomic mass is 19.1. The number of hydrogen-bond donors (Lipinski definition) is 1. The first-order valence-corrected chi connectivity index (χ1v) is 8.75. The number of rotatable bonds is 4. The molecule has 0 spiro atoms. The number of amides is 1. The van der Waals surface area contributed by atoms with Crippen molar-refractivity contribution in [3.8, 4) is 22.5 Å². The molecule has 0 atom stereocenters. The molecular formula is C23H16FN3O. The zero-order valence-corrected chi connectivity index (χ0v) is 14.8. The molecule has 4 rings (SSSR count). The van der Waals surface area contributed by atoms with Gasteiger partial charge < -0.3 is 5.32 Å². The Bertz CT molecular complexity index is 1100. The normalized spacial score (nSPS) is 10.5. The van der Waals surface area contributed by atoms with Crippen molar-refractivity contribution >= 4 is 11.7 Å². The molecule has 3 aromatic carbocycles. The fourth-order valence-corrected chi connectivity index (χ4v) is 2.81. The first-order valence-electron chi connectivity index (χ1n) is 8.75. The molecule has 136 valence electrons. The molecule has 0 saturated heterocycles.